The Kier molecular flexibility index (Phi) is 11.4. The molecule has 1 saturated carbocycles. The number of β-amino-alcohol motifs (C(OH)–C–C–N with tert-alkyl or cyclic N) is 1. The van der Waals surface area contributed by atoms with Gasteiger partial charge in [0.05, 0.1) is 22.9 Å². The SMILES string of the molecule is CC(=O)N[C@H](C(=O)N[C@@H](Cc1ccccc1)[C@H](O)CN1C[C@H]2CCCC[C@H]2C[C@H]1C(=O)NC(C)(C)C)C(C)(C)S(C)(=O)=O. The van der Waals surface area contributed by atoms with Crippen molar-refractivity contribution in [3.63, 3.8) is 0 Å². The van der Waals surface area contributed by atoms with E-state index in [1.54, 1.807) is 0 Å². The molecule has 0 spiro atoms. The van der Waals surface area contributed by atoms with Gasteiger partial charge in [-0.2, -0.15) is 0 Å². The molecule has 0 radical (unpaired) electrons. The van der Waals surface area contributed by atoms with Crippen LogP contribution >= 0.6 is 0 Å². The average molecular weight is 621 g/mol. The summed E-state index contributed by atoms with van der Waals surface area (Å²) >= 11 is 0. The van der Waals surface area contributed by atoms with E-state index in [0.717, 1.165) is 37.5 Å². The van der Waals surface area contributed by atoms with Crippen LogP contribution in [0.2, 0.25) is 0 Å². The fraction of sp³-hybridized carbons (Fsp3) is 0.719. The number of hydrogen-bond donors (Lipinski definition) is 4. The van der Waals surface area contributed by atoms with Crippen LogP contribution in [0.25, 0.3) is 0 Å². The molecule has 4 N–H and O–H groups in total. The molecule has 0 unspecified atom stereocenters. The summed E-state index contributed by atoms with van der Waals surface area (Å²) in [5, 5.41) is 20.3. The number of hydrogen-bond acceptors (Lipinski definition) is 7. The Balaban J connectivity index is 1.90. The predicted molar refractivity (Wildman–Crippen MR) is 168 cm³/mol. The van der Waals surface area contributed by atoms with Gasteiger partial charge in [0.2, 0.25) is 17.7 Å². The maximum absolute atomic E-state index is 13.7. The molecule has 1 heterocycles. The minimum Gasteiger partial charge on any atom is -0.390 e. The molecule has 10 nitrogen and oxygen atoms in total. The predicted octanol–water partition coefficient (Wildman–Crippen LogP) is 2.20. The zero-order chi connectivity index (χ0) is 32.2. The van der Waals surface area contributed by atoms with Gasteiger partial charge in [0.25, 0.3) is 0 Å². The fourth-order valence-corrected chi connectivity index (χ4v) is 6.98. The van der Waals surface area contributed by atoms with Gasteiger partial charge in [-0.05, 0) is 71.3 Å². The van der Waals surface area contributed by atoms with Gasteiger partial charge in [-0.3, -0.25) is 19.3 Å². The smallest absolute Gasteiger partial charge is 0.244 e. The first kappa shape index (κ1) is 35.0. The van der Waals surface area contributed by atoms with Crippen molar-refractivity contribution in [3.05, 3.63) is 35.9 Å². The number of benzene rings is 1. The number of carbonyl (C=O) groups excluding carboxylic acids is 3. The topological polar surface area (TPSA) is 145 Å². The summed E-state index contributed by atoms with van der Waals surface area (Å²) in [6.45, 7) is 10.7. The first-order chi connectivity index (χ1) is 19.9. The van der Waals surface area contributed by atoms with Crippen molar-refractivity contribution in [1.82, 2.24) is 20.9 Å². The van der Waals surface area contributed by atoms with Gasteiger partial charge >= 0.3 is 0 Å². The molecule has 1 saturated heterocycles. The van der Waals surface area contributed by atoms with Crippen molar-refractivity contribution in [2.45, 2.75) is 115 Å². The number of sulfone groups is 1. The Bertz CT molecular complexity index is 1230. The fourth-order valence-electron chi connectivity index (χ4n) is 6.38. The number of nitrogens with zero attached hydrogens (tertiary/aromatic N) is 1. The molecule has 1 aliphatic heterocycles. The number of aliphatic hydroxyl groups is 1. The quantitative estimate of drug-likeness (QED) is 0.297. The van der Waals surface area contributed by atoms with Crippen LogP contribution in [-0.4, -0.2) is 90.0 Å². The highest BCUT2D eigenvalue weighted by Crippen LogP contribution is 2.39. The van der Waals surface area contributed by atoms with E-state index in [9.17, 15) is 27.9 Å². The van der Waals surface area contributed by atoms with Gasteiger partial charge in [0, 0.05) is 31.8 Å². The van der Waals surface area contributed by atoms with Crippen molar-refractivity contribution >= 4 is 27.6 Å². The minimum absolute atomic E-state index is 0.0620. The lowest BCUT2D eigenvalue weighted by molar-refractivity contribution is -0.133. The van der Waals surface area contributed by atoms with Crippen molar-refractivity contribution < 1.29 is 27.9 Å². The number of carbonyl (C=O) groups is 3. The van der Waals surface area contributed by atoms with Crippen LogP contribution in [0.4, 0.5) is 0 Å². The van der Waals surface area contributed by atoms with E-state index in [2.05, 4.69) is 20.9 Å². The summed E-state index contributed by atoms with van der Waals surface area (Å²) in [6, 6.07) is 6.81. The van der Waals surface area contributed by atoms with Crippen molar-refractivity contribution in [3.8, 4) is 0 Å². The maximum Gasteiger partial charge on any atom is 0.244 e. The maximum atomic E-state index is 13.7. The highest BCUT2D eigenvalue weighted by molar-refractivity contribution is 7.92. The Morgan fingerprint density at radius 2 is 1.60 bits per heavy atom. The third-order valence-electron chi connectivity index (χ3n) is 9.08. The monoisotopic (exact) mass is 620 g/mol. The summed E-state index contributed by atoms with van der Waals surface area (Å²) < 4.78 is 23.7. The Morgan fingerprint density at radius 1 is 1.00 bits per heavy atom. The Morgan fingerprint density at radius 3 is 2.16 bits per heavy atom. The molecule has 6 atom stereocenters. The van der Waals surface area contributed by atoms with E-state index >= 15 is 0 Å². The number of fused-ring (bicyclic) bond motifs is 1. The molecule has 2 fully saturated rings. The molecule has 1 aromatic carbocycles. The van der Waals surface area contributed by atoms with Gasteiger partial charge in [0.1, 0.15) is 6.04 Å². The summed E-state index contributed by atoms with van der Waals surface area (Å²) in [7, 11) is -3.76. The van der Waals surface area contributed by atoms with E-state index in [-0.39, 0.29) is 18.9 Å². The van der Waals surface area contributed by atoms with Crippen molar-refractivity contribution in [2.75, 3.05) is 19.3 Å². The van der Waals surface area contributed by atoms with Crippen LogP contribution in [0.5, 0.6) is 0 Å². The normalized spacial score (nSPS) is 23.8. The molecular weight excluding hydrogens is 568 g/mol. The van der Waals surface area contributed by atoms with Crippen LogP contribution in [0, 0.1) is 11.8 Å². The molecule has 2 aliphatic rings. The van der Waals surface area contributed by atoms with Crippen molar-refractivity contribution in [2.24, 2.45) is 11.8 Å². The largest absolute Gasteiger partial charge is 0.390 e. The molecule has 1 aromatic rings. The number of likely N-dealkylation sites (tertiary alicyclic amines) is 1. The van der Waals surface area contributed by atoms with E-state index in [1.165, 1.54) is 27.2 Å². The highest BCUT2D eigenvalue weighted by atomic mass is 32.2. The average Bonchev–Trinajstić information content (AvgIpc) is 2.89. The lowest BCUT2D eigenvalue weighted by Gasteiger charge is -2.47. The first-order valence-electron chi connectivity index (χ1n) is 15.4. The zero-order valence-corrected chi connectivity index (χ0v) is 27.7. The third-order valence-corrected chi connectivity index (χ3v) is 11.2. The van der Waals surface area contributed by atoms with Crippen LogP contribution in [0.1, 0.15) is 79.2 Å². The Labute approximate surface area is 257 Å². The van der Waals surface area contributed by atoms with E-state index in [0.29, 0.717) is 18.4 Å². The molecule has 1 aliphatic carbocycles. The van der Waals surface area contributed by atoms with Crippen LogP contribution < -0.4 is 16.0 Å². The van der Waals surface area contributed by atoms with Crippen LogP contribution in [0.3, 0.4) is 0 Å². The van der Waals surface area contributed by atoms with E-state index in [1.807, 2.05) is 51.1 Å². The molecule has 43 heavy (non-hydrogen) atoms. The first-order valence-corrected chi connectivity index (χ1v) is 17.3. The second-order valence-corrected chi connectivity index (χ2v) is 16.7. The highest BCUT2D eigenvalue weighted by Gasteiger charge is 2.46. The molecule has 3 amide bonds. The lowest BCUT2D eigenvalue weighted by atomic mass is 9.72. The van der Waals surface area contributed by atoms with Gasteiger partial charge in [-0.15, -0.1) is 0 Å². The minimum atomic E-state index is -3.76. The Hall–Kier alpha value is -2.50. The van der Waals surface area contributed by atoms with Crippen molar-refractivity contribution in [1.29, 1.82) is 0 Å². The lowest BCUT2D eigenvalue weighted by Crippen LogP contribution is -2.64. The molecule has 242 valence electrons. The molecule has 0 bridgehead atoms. The second-order valence-electron chi connectivity index (χ2n) is 14.1. The van der Waals surface area contributed by atoms with E-state index in [4.69, 9.17) is 0 Å². The number of piperidine rings is 1. The summed E-state index contributed by atoms with van der Waals surface area (Å²) in [6.07, 6.45) is 5.48. The van der Waals surface area contributed by atoms with Gasteiger partial charge in [-0.1, -0.05) is 49.6 Å². The number of aliphatic hydroxyl groups excluding tert-OH is 1. The molecular formula is C32H52N4O6S. The van der Waals surface area contributed by atoms with Gasteiger partial charge in [-0.25, -0.2) is 8.42 Å². The number of rotatable bonds is 11. The molecule has 11 heteroatoms. The summed E-state index contributed by atoms with van der Waals surface area (Å²) in [5.41, 5.74) is 0.470. The standard InChI is InChI=1S/C32H52N4O6S/c1-21(37)33-28(32(5,6)43(7,41)42)30(40)34-25(17-22-13-9-8-10-14-22)27(38)20-36-19-24-16-12-11-15-23(24)18-26(36)29(39)35-31(2,3)4/h8-10,13-14,23-28,38H,11-12,15-20H2,1-7H3,(H,33,37)(H,34,40)(H,35,39)/t23-,24+,25-,26-,27+,28+/m0/s1. The van der Waals surface area contributed by atoms with Crippen LogP contribution in [-0.2, 0) is 30.6 Å². The summed E-state index contributed by atoms with van der Waals surface area (Å²) in [4.78, 5) is 41.3. The molecule has 3 rings (SSSR count). The number of amides is 3. The van der Waals surface area contributed by atoms with Gasteiger partial charge < -0.3 is 21.1 Å². The number of nitrogens with one attached hydrogen (secondary N) is 3. The van der Waals surface area contributed by atoms with Gasteiger partial charge in [0.15, 0.2) is 9.84 Å². The second kappa shape index (κ2) is 14.1. The molecule has 0 aromatic heterocycles. The van der Waals surface area contributed by atoms with Crippen LogP contribution in [0.15, 0.2) is 30.3 Å². The summed E-state index contributed by atoms with van der Waals surface area (Å²) in [5.74, 6) is -0.387. The zero-order valence-electron chi connectivity index (χ0n) is 26.9. The third kappa shape index (κ3) is 9.49. The van der Waals surface area contributed by atoms with E-state index < -0.39 is 56.2 Å².